The molecule has 0 aliphatic carbocycles. The van der Waals surface area contributed by atoms with Crippen molar-refractivity contribution in [2.75, 3.05) is 4.72 Å². The predicted octanol–water partition coefficient (Wildman–Crippen LogP) is 4.62. The van der Waals surface area contributed by atoms with E-state index in [0.29, 0.717) is 27.3 Å². The number of para-hydroxylation sites is 1. The molecular weight excluding hydrogens is 424 g/mol. The summed E-state index contributed by atoms with van der Waals surface area (Å²) in [6.45, 7) is 0. The van der Waals surface area contributed by atoms with Gasteiger partial charge in [0.05, 0.1) is 11.3 Å². The highest BCUT2D eigenvalue weighted by molar-refractivity contribution is 7.98. The third-order valence-electron chi connectivity index (χ3n) is 4.30. The molecule has 0 bridgehead atoms. The Balaban J connectivity index is 1.58. The number of hydrogen-bond donors (Lipinski definition) is 2. The smallest absolute Gasteiger partial charge is 0.335 e. The molecule has 0 fully saturated rings. The number of thioether (sulfide) groups is 1. The quantitative estimate of drug-likeness (QED) is 0.404. The van der Waals surface area contributed by atoms with Crippen molar-refractivity contribution in [2.45, 2.75) is 15.9 Å². The second-order valence-electron chi connectivity index (χ2n) is 6.32. The Kier molecular flexibility index (Phi) is 5.47. The molecule has 0 aliphatic heterocycles. The van der Waals surface area contributed by atoms with Crippen molar-refractivity contribution in [1.29, 1.82) is 0 Å². The summed E-state index contributed by atoms with van der Waals surface area (Å²) in [5.41, 5.74) is 1.58. The second kappa shape index (κ2) is 8.21. The summed E-state index contributed by atoms with van der Waals surface area (Å²) < 4.78 is 33.6. The lowest BCUT2D eigenvalue weighted by molar-refractivity contribution is 0.0696. The SMILES string of the molecule is O=C(O)c1ccccc1CSc1ncccc1NS(=O)(=O)c1cc2ccccc2o1. The molecule has 0 spiro atoms. The van der Waals surface area contributed by atoms with Crippen molar-refractivity contribution in [3.63, 3.8) is 0 Å². The Morgan fingerprint density at radius 3 is 2.63 bits per heavy atom. The van der Waals surface area contributed by atoms with Crippen LogP contribution < -0.4 is 4.72 Å². The Morgan fingerprint density at radius 1 is 1.07 bits per heavy atom. The molecular formula is C21H16N2O5S2. The number of furan rings is 1. The van der Waals surface area contributed by atoms with Crippen LogP contribution in [0.15, 0.2) is 87.5 Å². The molecule has 0 aliphatic rings. The van der Waals surface area contributed by atoms with Crippen molar-refractivity contribution in [2.24, 2.45) is 0 Å². The molecule has 2 N–H and O–H groups in total. The fraction of sp³-hybridized carbons (Fsp3) is 0.0476. The molecule has 9 heteroatoms. The molecule has 7 nitrogen and oxygen atoms in total. The van der Waals surface area contributed by atoms with Gasteiger partial charge in [0.15, 0.2) is 0 Å². The Hall–Kier alpha value is -3.30. The summed E-state index contributed by atoms with van der Waals surface area (Å²) >= 11 is 1.24. The van der Waals surface area contributed by atoms with E-state index in [-0.39, 0.29) is 16.3 Å². The van der Waals surface area contributed by atoms with Crippen LogP contribution >= 0.6 is 11.8 Å². The number of sulfonamides is 1. The van der Waals surface area contributed by atoms with Gasteiger partial charge in [-0.05, 0) is 29.8 Å². The minimum atomic E-state index is -3.97. The summed E-state index contributed by atoms with van der Waals surface area (Å²) in [6.07, 6.45) is 1.55. The molecule has 30 heavy (non-hydrogen) atoms. The molecule has 2 heterocycles. The summed E-state index contributed by atoms with van der Waals surface area (Å²) in [7, 11) is -3.97. The standard InChI is InChI=1S/C21H16N2O5S2/c24-21(25)16-8-3-1-7-15(16)13-29-20-17(9-5-11-22-20)23-30(26,27)19-12-14-6-2-4-10-18(14)28-19/h1-12,23H,13H2,(H,24,25). The zero-order valence-corrected chi connectivity index (χ0v) is 17.1. The third-order valence-corrected chi connectivity index (χ3v) is 6.57. The second-order valence-corrected chi connectivity index (χ2v) is 8.89. The maximum absolute atomic E-state index is 12.8. The number of nitrogens with one attached hydrogen (secondary N) is 1. The average molecular weight is 441 g/mol. The molecule has 4 aromatic rings. The van der Waals surface area contributed by atoms with E-state index in [4.69, 9.17) is 4.42 Å². The summed E-state index contributed by atoms with van der Waals surface area (Å²) in [4.78, 5) is 15.6. The molecule has 0 saturated heterocycles. The molecule has 2 aromatic carbocycles. The van der Waals surface area contributed by atoms with Crippen molar-refractivity contribution in [3.8, 4) is 0 Å². The first-order chi connectivity index (χ1) is 14.4. The van der Waals surface area contributed by atoms with Crippen molar-refractivity contribution in [1.82, 2.24) is 4.98 Å². The number of hydrogen-bond acceptors (Lipinski definition) is 6. The topological polar surface area (TPSA) is 109 Å². The van der Waals surface area contributed by atoms with Crippen LogP contribution in [-0.2, 0) is 15.8 Å². The van der Waals surface area contributed by atoms with E-state index < -0.39 is 16.0 Å². The van der Waals surface area contributed by atoms with E-state index in [1.54, 1.807) is 60.8 Å². The monoisotopic (exact) mass is 440 g/mol. The molecule has 0 amide bonds. The van der Waals surface area contributed by atoms with Crippen molar-refractivity contribution >= 4 is 44.4 Å². The number of nitrogens with zero attached hydrogens (tertiary/aromatic N) is 1. The van der Waals surface area contributed by atoms with Crippen LogP contribution in [0.1, 0.15) is 15.9 Å². The Labute approximate surface area is 176 Å². The number of fused-ring (bicyclic) bond motifs is 1. The van der Waals surface area contributed by atoms with E-state index in [1.165, 1.54) is 23.9 Å². The van der Waals surface area contributed by atoms with Crippen LogP contribution in [0.4, 0.5) is 5.69 Å². The van der Waals surface area contributed by atoms with Crippen LogP contribution in [0.2, 0.25) is 0 Å². The zero-order valence-electron chi connectivity index (χ0n) is 15.5. The number of aromatic nitrogens is 1. The predicted molar refractivity (Wildman–Crippen MR) is 114 cm³/mol. The Bertz CT molecular complexity index is 1300. The van der Waals surface area contributed by atoms with Gasteiger partial charge in [-0.3, -0.25) is 4.72 Å². The van der Waals surface area contributed by atoms with Crippen LogP contribution in [0.5, 0.6) is 0 Å². The van der Waals surface area contributed by atoms with E-state index in [0.717, 1.165) is 0 Å². The van der Waals surface area contributed by atoms with Gasteiger partial charge in [0.25, 0.3) is 10.0 Å². The van der Waals surface area contributed by atoms with Gasteiger partial charge in [-0.25, -0.2) is 9.78 Å². The van der Waals surface area contributed by atoms with E-state index in [2.05, 4.69) is 9.71 Å². The average Bonchev–Trinajstić information content (AvgIpc) is 3.18. The number of carboxylic acids is 1. The zero-order chi connectivity index (χ0) is 21.1. The van der Waals surface area contributed by atoms with Gasteiger partial charge in [-0.15, -0.1) is 0 Å². The molecule has 4 rings (SSSR count). The summed E-state index contributed by atoms with van der Waals surface area (Å²) in [6, 6.07) is 18.4. The molecule has 2 aromatic heterocycles. The highest BCUT2D eigenvalue weighted by Gasteiger charge is 2.21. The van der Waals surface area contributed by atoms with Gasteiger partial charge in [-0.2, -0.15) is 8.42 Å². The highest BCUT2D eigenvalue weighted by atomic mass is 32.2. The molecule has 0 radical (unpaired) electrons. The largest absolute Gasteiger partial charge is 0.478 e. The van der Waals surface area contributed by atoms with E-state index >= 15 is 0 Å². The van der Waals surface area contributed by atoms with E-state index in [1.807, 2.05) is 0 Å². The van der Waals surface area contributed by atoms with Gasteiger partial charge < -0.3 is 9.52 Å². The van der Waals surface area contributed by atoms with Crippen LogP contribution in [0.3, 0.4) is 0 Å². The number of benzene rings is 2. The Morgan fingerprint density at radius 2 is 1.83 bits per heavy atom. The summed E-state index contributed by atoms with van der Waals surface area (Å²) in [5, 5.41) is 10.2. The van der Waals surface area contributed by atoms with Crippen LogP contribution in [0, 0.1) is 0 Å². The van der Waals surface area contributed by atoms with Crippen molar-refractivity contribution < 1.29 is 22.7 Å². The lowest BCUT2D eigenvalue weighted by Gasteiger charge is -2.11. The first kappa shape index (κ1) is 20.0. The number of anilines is 1. The van der Waals surface area contributed by atoms with Gasteiger partial charge in [0, 0.05) is 23.4 Å². The van der Waals surface area contributed by atoms with E-state index in [9.17, 15) is 18.3 Å². The number of carbonyl (C=O) groups is 1. The third kappa shape index (κ3) is 4.17. The molecule has 152 valence electrons. The number of aromatic carboxylic acids is 1. The minimum Gasteiger partial charge on any atom is -0.478 e. The molecule has 0 atom stereocenters. The summed E-state index contributed by atoms with van der Waals surface area (Å²) in [5.74, 6) is -0.697. The normalized spacial score (nSPS) is 11.5. The lowest BCUT2D eigenvalue weighted by Crippen LogP contribution is -2.13. The highest BCUT2D eigenvalue weighted by Crippen LogP contribution is 2.31. The van der Waals surface area contributed by atoms with Gasteiger partial charge in [0.1, 0.15) is 10.6 Å². The van der Waals surface area contributed by atoms with Crippen LogP contribution in [-0.4, -0.2) is 24.5 Å². The maximum Gasteiger partial charge on any atom is 0.335 e. The van der Waals surface area contributed by atoms with Crippen LogP contribution in [0.25, 0.3) is 11.0 Å². The molecule has 0 unspecified atom stereocenters. The fourth-order valence-electron chi connectivity index (χ4n) is 2.87. The molecule has 0 saturated carbocycles. The number of carboxylic acid groups (broad SMARTS) is 1. The first-order valence-electron chi connectivity index (χ1n) is 8.84. The minimum absolute atomic E-state index is 0.195. The number of pyridine rings is 1. The first-order valence-corrected chi connectivity index (χ1v) is 11.3. The van der Waals surface area contributed by atoms with Gasteiger partial charge >= 0.3 is 5.97 Å². The van der Waals surface area contributed by atoms with Gasteiger partial charge in [-0.1, -0.05) is 48.2 Å². The maximum atomic E-state index is 12.8. The number of rotatable bonds is 7. The van der Waals surface area contributed by atoms with Crippen molar-refractivity contribution in [3.05, 3.63) is 84.1 Å². The lowest BCUT2D eigenvalue weighted by atomic mass is 10.1. The fourth-order valence-corrected chi connectivity index (χ4v) is 4.92. The van der Waals surface area contributed by atoms with Gasteiger partial charge in [0.2, 0.25) is 5.09 Å².